The molecule has 1 aromatic carbocycles. The summed E-state index contributed by atoms with van der Waals surface area (Å²) in [5.41, 5.74) is 7.47. The molecule has 0 heterocycles. The minimum atomic E-state index is -0.219. The average molecular weight is 264 g/mol. The summed E-state index contributed by atoms with van der Waals surface area (Å²) in [4.78, 5) is 12.4. The summed E-state index contributed by atoms with van der Waals surface area (Å²) in [5.74, 6) is -0.121. The Bertz CT molecular complexity index is 414. The molecule has 0 aliphatic rings. The molecule has 18 heavy (non-hydrogen) atoms. The summed E-state index contributed by atoms with van der Waals surface area (Å²) in [6.07, 6.45) is 2.67. The Kier molecular flexibility index (Phi) is 5.78. The van der Waals surface area contributed by atoms with Crippen molar-refractivity contribution in [2.24, 2.45) is 5.73 Å². The van der Waals surface area contributed by atoms with Gasteiger partial charge in [0, 0.05) is 5.56 Å². The Morgan fingerprint density at radius 2 is 1.94 bits per heavy atom. The van der Waals surface area contributed by atoms with Crippen molar-refractivity contribution in [3.8, 4) is 0 Å². The van der Waals surface area contributed by atoms with Gasteiger partial charge in [-0.3, -0.25) is 4.79 Å². The molecule has 1 atom stereocenters. The van der Waals surface area contributed by atoms with Crippen LogP contribution in [-0.2, 0) is 6.42 Å². The number of nitrogens with two attached hydrogens (primary N) is 1. The summed E-state index contributed by atoms with van der Waals surface area (Å²) < 4.78 is 0. The van der Waals surface area contributed by atoms with Gasteiger partial charge in [0.05, 0.1) is 11.0 Å². The van der Waals surface area contributed by atoms with E-state index in [4.69, 9.17) is 18.0 Å². The first-order valence-electron chi connectivity index (χ1n) is 6.27. The van der Waals surface area contributed by atoms with Crippen molar-refractivity contribution in [3.63, 3.8) is 0 Å². The summed E-state index contributed by atoms with van der Waals surface area (Å²) in [5, 5.41) is 2.87. The smallest absolute Gasteiger partial charge is 0.251 e. The van der Waals surface area contributed by atoms with Crippen LogP contribution in [0, 0.1) is 0 Å². The number of thiocarbonyl (C=S) groups is 1. The SMILES string of the molecule is CCCC(NC(=O)c1ccc(CC)cc1)C(N)=S. The quantitative estimate of drug-likeness (QED) is 0.776. The number of aryl methyl sites for hydroxylation is 1. The fourth-order valence-electron chi connectivity index (χ4n) is 1.71. The van der Waals surface area contributed by atoms with Crippen molar-refractivity contribution in [2.75, 3.05) is 0 Å². The second-order valence-corrected chi connectivity index (χ2v) is 4.74. The highest BCUT2D eigenvalue weighted by atomic mass is 32.1. The maximum Gasteiger partial charge on any atom is 0.251 e. The molecule has 0 saturated heterocycles. The first-order chi connectivity index (χ1) is 8.58. The third kappa shape index (κ3) is 4.11. The van der Waals surface area contributed by atoms with Crippen molar-refractivity contribution < 1.29 is 4.79 Å². The number of amides is 1. The van der Waals surface area contributed by atoms with Crippen LogP contribution in [0.5, 0.6) is 0 Å². The van der Waals surface area contributed by atoms with E-state index in [1.54, 1.807) is 0 Å². The van der Waals surface area contributed by atoms with Gasteiger partial charge in [0.25, 0.3) is 5.91 Å². The third-order valence-electron chi connectivity index (χ3n) is 2.85. The van der Waals surface area contributed by atoms with Crippen LogP contribution in [-0.4, -0.2) is 16.9 Å². The molecule has 0 aromatic heterocycles. The summed E-state index contributed by atoms with van der Waals surface area (Å²) in [7, 11) is 0. The minimum absolute atomic E-state index is 0.121. The van der Waals surface area contributed by atoms with Crippen LogP contribution in [0.4, 0.5) is 0 Å². The van der Waals surface area contributed by atoms with Crippen molar-refractivity contribution in [1.82, 2.24) is 5.32 Å². The predicted octanol–water partition coefficient (Wildman–Crippen LogP) is 2.43. The van der Waals surface area contributed by atoms with Gasteiger partial charge in [0.15, 0.2) is 0 Å². The van der Waals surface area contributed by atoms with Gasteiger partial charge in [-0.25, -0.2) is 0 Å². The van der Waals surface area contributed by atoms with Crippen LogP contribution in [0.1, 0.15) is 42.6 Å². The van der Waals surface area contributed by atoms with Gasteiger partial charge >= 0.3 is 0 Å². The molecular formula is C14H20N2OS. The van der Waals surface area contributed by atoms with Gasteiger partial charge in [-0.05, 0) is 30.5 Å². The highest BCUT2D eigenvalue weighted by molar-refractivity contribution is 7.80. The summed E-state index contributed by atoms with van der Waals surface area (Å²) in [6.45, 7) is 4.12. The highest BCUT2D eigenvalue weighted by Gasteiger charge is 2.15. The normalized spacial score (nSPS) is 11.9. The molecule has 1 unspecified atom stereocenters. The third-order valence-corrected chi connectivity index (χ3v) is 3.14. The lowest BCUT2D eigenvalue weighted by Crippen LogP contribution is -2.43. The molecule has 1 amide bonds. The fraction of sp³-hybridized carbons (Fsp3) is 0.429. The lowest BCUT2D eigenvalue weighted by molar-refractivity contribution is 0.0945. The summed E-state index contributed by atoms with van der Waals surface area (Å²) >= 11 is 4.95. The molecule has 98 valence electrons. The zero-order chi connectivity index (χ0) is 13.5. The van der Waals surface area contributed by atoms with Crippen LogP contribution in [0.3, 0.4) is 0 Å². The molecular weight excluding hydrogens is 244 g/mol. The second kappa shape index (κ2) is 7.11. The molecule has 0 fully saturated rings. The average Bonchev–Trinajstić information content (AvgIpc) is 2.38. The van der Waals surface area contributed by atoms with Gasteiger partial charge in [0.1, 0.15) is 0 Å². The van der Waals surface area contributed by atoms with E-state index in [0.717, 1.165) is 19.3 Å². The van der Waals surface area contributed by atoms with E-state index in [1.165, 1.54) is 5.56 Å². The van der Waals surface area contributed by atoms with Crippen LogP contribution < -0.4 is 11.1 Å². The predicted molar refractivity (Wildman–Crippen MR) is 78.8 cm³/mol. The molecule has 0 radical (unpaired) electrons. The van der Waals surface area contributed by atoms with E-state index in [0.29, 0.717) is 10.6 Å². The van der Waals surface area contributed by atoms with E-state index in [-0.39, 0.29) is 11.9 Å². The van der Waals surface area contributed by atoms with Gasteiger partial charge < -0.3 is 11.1 Å². The van der Waals surface area contributed by atoms with Crippen LogP contribution in [0.15, 0.2) is 24.3 Å². The topological polar surface area (TPSA) is 55.1 Å². The number of hydrogen-bond donors (Lipinski definition) is 2. The van der Waals surface area contributed by atoms with Crippen LogP contribution >= 0.6 is 12.2 Å². The number of carbonyl (C=O) groups excluding carboxylic acids is 1. The standard InChI is InChI=1S/C14H20N2OS/c1-3-5-12(13(15)18)16-14(17)11-8-6-10(4-2)7-9-11/h6-9,12H,3-5H2,1-2H3,(H2,15,18)(H,16,17). The first-order valence-corrected chi connectivity index (χ1v) is 6.68. The van der Waals surface area contributed by atoms with Crippen LogP contribution in [0.25, 0.3) is 0 Å². The Balaban J connectivity index is 2.70. The highest BCUT2D eigenvalue weighted by Crippen LogP contribution is 2.06. The molecule has 1 aromatic rings. The van der Waals surface area contributed by atoms with Crippen molar-refractivity contribution in [1.29, 1.82) is 0 Å². The Hall–Kier alpha value is -1.42. The van der Waals surface area contributed by atoms with E-state index >= 15 is 0 Å². The number of benzene rings is 1. The van der Waals surface area contributed by atoms with Crippen molar-refractivity contribution in [2.45, 2.75) is 39.2 Å². The number of rotatable bonds is 6. The van der Waals surface area contributed by atoms with Crippen molar-refractivity contribution in [3.05, 3.63) is 35.4 Å². The Morgan fingerprint density at radius 3 is 2.39 bits per heavy atom. The van der Waals surface area contributed by atoms with Crippen molar-refractivity contribution >= 4 is 23.1 Å². The zero-order valence-electron chi connectivity index (χ0n) is 10.9. The molecule has 0 bridgehead atoms. The van der Waals surface area contributed by atoms with Gasteiger partial charge in [-0.15, -0.1) is 0 Å². The molecule has 0 saturated carbocycles. The van der Waals surface area contributed by atoms with Gasteiger partial charge in [-0.2, -0.15) is 0 Å². The Labute approximate surface area is 114 Å². The molecule has 1 rings (SSSR count). The largest absolute Gasteiger partial charge is 0.392 e. The van der Waals surface area contributed by atoms with Crippen LogP contribution in [0.2, 0.25) is 0 Å². The van der Waals surface area contributed by atoms with E-state index in [2.05, 4.69) is 12.2 Å². The maximum atomic E-state index is 12.0. The number of hydrogen-bond acceptors (Lipinski definition) is 2. The lowest BCUT2D eigenvalue weighted by atomic mass is 10.1. The zero-order valence-corrected chi connectivity index (χ0v) is 11.7. The first kappa shape index (κ1) is 14.6. The van der Waals surface area contributed by atoms with E-state index < -0.39 is 0 Å². The molecule has 4 heteroatoms. The van der Waals surface area contributed by atoms with Gasteiger partial charge in [0.2, 0.25) is 0 Å². The molecule has 0 aliphatic carbocycles. The van der Waals surface area contributed by atoms with E-state index in [9.17, 15) is 4.79 Å². The number of carbonyl (C=O) groups is 1. The molecule has 3 nitrogen and oxygen atoms in total. The number of nitrogens with one attached hydrogen (secondary N) is 1. The monoisotopic (exact) mass is 264 g/mol. The van der Waals surface area contributed by atoms with Gasteiger partial charge in [-0.1, -0.05) is 44.6 Å². The Morgan fingerprint density at radius 1 is 1.33 bits per heavy atom. The minimum Gasteiger partial charge on any atom is -0.392 e. The second-order valence-electron chi connectivity index (χ2n) is 4.27. The lowest BCUT2D eigenvalue weighted by Gasteiger charge is -2.16. The maximum absolute atomic E-state index is 12.0. The summed E-state index contributed by atoms with van der Waals surface area (Å²) in [6, 6.07) is 7.37. The molecule has 0 spiro atoms. The molecule has 0 aliphatic heterocycles. The van der Waals surface area contributed by atoms with E-state index in [1.807, 2.05) is 31.2 Å². The molecule has 3 N–H and O–H groups in total. The fourth-order valence-corrected chi connectivity index (χ4v) is 1.88.